The Morgan fingerprint density at radius 1 is 0.605 bits per heavy atom. The summed E-state index contributed by atoms with van der Waals surface area (Å²) in [4.78, 5) is 134. The van der Waals surface area contributed by atoms with Crippen molar-refractivity contribution in [2.75, 3.05) is 32.7 Å². The first kappa shape index (κ1) is 66.2. The number of carbonyl (C=O) groups is 9. The Morgan fingerprint density at radius 3 is 1.76 bits per heavy atom. The highest BCUT2D eigenvalue weighted by Crippen LogP contribution is 2.35. The molecule has 9 atom stereocenters. The summed E-state index contributed by atoms with van der Waals surface area (Å²) in [6.45, 7) is 1.35. The molecule has 4 aromatic rings. The largest absolute Gasteiger partial charge is 0.393 e. The summed E-state index contributed by atoms with van der Waals surface area (Å²) in [7, 11) is 0. The van der Waals surface area contributed by atoms with Crippen LogP contribution in [0.1, 0.15) is 118 Å². The Balaban J connectivity index is 1.23. The Morgan fingerprint density at radius 2 is 1.15 bits per heavy atom. The van der Waals surface area contributed by atoms with Crippen molar-refractivity contribution >= 4 is 63.8 Å². The fraction of sp³-hybridized carbons (Fsp3) is 0.547. The van der Waals surface area contributed by atoms with E-state index in [9.17, 15) is 43.5 Å². The van der Waals surface area contributed by atoms with E-state index in [1.807, 2.05) is 72.8 Å². The third-order valence-electron chi connectivity index (χ3n) is 17.2. The number of amides is 7. The standard InChI is InChI=1S/C64H90N12O10/c1-2-3-4-5-6-17-46(77)34-57(80)71-54(36-68)55(78)33-42-23-27-69-61(83)53(32-45-37-70-49-19-12-11-18-47(45)49)75-63(85)51(21-25-66)73-62(84)52(22-26-67)74-64(86)58(44-30-40-15-9-10-16-41(40)31-44)76-60(82)48(35-56(79)50(20-24-65)72-59(42)81)43-28-38-13-7-8-14-39(38)29-43/h7-16,18-19,37,42-44,46,48,50-54,58,70,77H,2-6,17,20-36,65-68H2,1H3,(H,69,83)(H,71,80)(H,72,81)(H,73,84)(H,74,86)(H,75,85)(H,76,82)/t42-,46-,48-,50+,51+,52+,53+,54-,58+/m1/s1. The fourth-order valence-electron chi connectivity index (χ4n) is 12.4. The molecule has 0 bridgehead atoms. The van der Waals surface area contributed by atoms with Gasteiger partial charge in [-0.05, 0) is 123 Å². The smallest absolute Gasteiger partial charge is 0.243 e. The Kier molecular flexibility index (Phi) is 25.3. The normalized spacial score (nSPS) is 23.2. The molecule has 7 amide bonds. The number of nitrogens with two attached hydrogens (primary N) is 4. The van der Waals surface area contributed by atoms with Gasteiger partial charge in [-0.15, -0.1) is 0 Å². The van der Waals surface area contributed by atoms with Gasteiger partial charge in [0.2, 0.25) is 41.4 Å². The lowest BCUT2D eigenvalue weighted by molar-refractivity contribution is -0.137. The van der Waals surface area contributed by atoms with Gasteiger partial charge in [0.05, 0.1) is 24.6 Å². The van der Waals surface area contributed by atoms with Crippen LogP contribution in [0.4, 0.5) is 0 Å². The second-order valence-electron chi connectivity index (χ2n) is 23.5. The number of nitrogens with one attached hydrogen (secondary N) is 8. The third kappa shape index (κ3) is 18.3. The molecule has 3 aromatic carbocycles. The second-order valence-corrected chi connectivity index (χ2v) is 23.5. The van der Waals surface area contributed by atoms with Crippen LogP contribution in [0.15, 0.2) is 79.0 Å². The molecular formula is C64H90N12O10. The molecule has 1 aliphatic heterocycles. The minimum Gasteiger partial charge on any atom is -0.393 e. The number of ketones is 2. The van der Waals surface area contributed by atoms with E-state index in [-0.39, 0.29) is 77.7 Å². The predicted molar refractivity (Wildman–Crippen MR) is 326 cm³/mol. The number of fused-ring (bicyclic) bond motifs is 3. The van der Waals surface area contributed by atoms with Gasteiger partial charge in [0.15, 0.2) is 11.6 Å². The molecule has 1 fully saturated rings. The monoisotopic (exact) mass is 1190 g/mol. The minimum absolute atomic E-state index is 0.0421. The van der Waals surface area contributed by atoms with Crippen LogP contribution >= 0.6 is 0 Å². The number of hydrogen-bond donors (Lipinski definition) is 13. The Hall–Kier alpha value is -7.37. The van der Waals surface area contributed by atoms with Gasteiger partial charge in [-0.25, -0.2) is 0 Å². The molecule has 1 saturated heterocycles. The first-order valence-corrected chi connectivity index (χ1v) is 30.9. The van der Waals surface area contributed by atoms with Crippen LogP contribution < -0.4 is 60.2 Å². The fourth-order valence-corrected chi connectivity index (χ4v) is 12.4. The van der Waals surface area contributed by atoms with Crippen LogP contribution in [0.25, 0.3) is 10.9 Å². The van der Waals surface area contributed by atoms with Gasteiger partial charge in [-0.2, -0.15) is 0 Å². The molecule has 22 nitrogen and oxygen atoms in total. The molecule has 17 N–H and O–H groups in total. The molecule has 3 aliphatic rings. The summed E-state index contributed by atoms with van der Waals surface area (Å²) < 4.78 is 0. The summed E-state index contributed by atoms with van der Waals surface area (Å²) >= 11 is 0. The van der Waals surface area contributed by atoms with Crippen molar-refractivity contribution in [1.29, 1.82) is 0 Å². The van der Waals surface area contributed by atoms with Gasteiger partial charge in [-0.3, -0.25) is 43.2 Å². The summed E-state index contributed by atoms with van der Waals surface area (Å²) in [5.41, 5.74) is 29.8. The maximum absolute atomic E-state index is 15.3. The van der Waals surface area contributed by atoms with Crippen molar-refractivity contribution in [1.82, 2.24) is 42.2 Å². The van der Waals surface area contributed by atoms with Crippen molar-refractivity contribution in [3.8, 4) is 0 Å². The minimum atomic E-state index is -1.31. The molecule has 2 aliphatic carbocycles. The number of aromatic nitrogens is 1. The van der Waals surface area contributed by atoms with Gasteiger partial charge in [0, 0.05) is 61.3 Å². The van der Waals surface area contributed by atoms with Crippen molar-refractivity contribution in [3.05, 3.63) is 107 Å². The second kappa shape index (κ2) is 32.9. The molecule has 0 unspecified atom stereocenters. The molecule has 0 saturated carbocycles. The van der Waals surface area contributed by atoms with Gasteiger partial charge in [0.25, 0.3) is 0 Å². The quantitative estimate of drug-likeness (QED) is 0.0465. The molecule has 466 valence electrons. The first-order chi connectivity index (χ1) is 41.5. The zero-order valence-corrected chi connectivity index (χ0v) is 49.6. The van der Waals surface area contributed by atoms with Crippen LogP contribution in [-0.2, 0) is 75.3 Å². The summed E-state index contributed by atoms with van der Waals surface area (Å²) in [5, 5.41) is 31.3. The summed E-state index contributed by atoms with van der Waals surface area (Å²) in [6, 6.07) is 15.2. The van der Waals surface area contributed by atoms with Crippen LogP contribution in [0.2, 0.25) is 0 Å². The lowest BCUT2D eigenvalue weighted by atomic mass is 9.82. The molecule has 86 heavy (non-hydrogen) atoms. The van der Waals surface area contributed by atoms with E-state index in [2.05, 4.69) is 49.1 Å². The number of Topliss-reactive ketones (excluding diaryl/α,β-unsaturated/α-hetero) is 2. The molecule has 0 spiro atoms. The number of para-hydroxylation sites is 1. The molecular weight excluding hydrogens is 1100 g/mol. The van der Waals surface area contributed by atoms with E-state index in [0.717, 1.165) is 65.3 Å². The number of benzene rings is 3. The predicted octanol–water partition coefficient (Wildman–Crippen LogP) is 1.24. The number of aromatic amines is 1. The highest BCUT2D eigenvalue weighted by Gasteiger charge is 2.42. The van der Waals surface area contributed by atoms with E-state index in [1.165, 1.54) is 0 Å². The number of H-pyrrole nitrogens is 1. The number of aliphatic hydroxyl groups is 1. The number of carbonyl (C=O) groups excluding carboxylic acids is 9. The van der Waals surface area contributed by atoms with Crippen LogP contribution in [0, 0.1) is 23.7 Å². The van der Waals surface area contributed by atoms with Crippen molar-refractivity contribution < 1.29 is 48.3 Å². The van der Waals surface area contributed by atoms with Crippen molar-refractivity contribution in [2.24, 2.45) is 46.6 Å². The van der Waals surface area contributed by atoms with E-state index >= 15 is 4.79 Å². The maximum Gasteiger partial charge on any atom is 0.243 e. The molecule has 1 aromatic heterocycles. The van der Waals surface area contributed by atoms with Gasteiger partial charge < -0.3 is 70.2 Å². The third-order valence-corrected chi connectivity index (χ3v) is 17.2. The SMILES string of the molecule is CCCCCCC[C@@H](O)CC(=O)N[C@H](CN)C(=O)C[C@H]1CCNC(=O)[C@H](Cc2c[nH]c3ccccc23)NC(=O)[C@H](CCN)NC(=O)[C@H](CCN)NC(=O)[C@H](C2Cc3ccccc3C2)NC(=O)[C@@H](C2Cc3ccccc3C2)CC(=O)[C@H](CCN)NC1=O. The van der Waals surface area contributed by atoms with Crippen LogP contribution in [0.5, 0.6) is 0 Å². The van der Waals surface area contributed by atoms with E-state index in [1.54, 1.807) is 6.20 Å². The molecule has 2 heterocycles. The highest BCUT2D eigenvalue weighted by atomic mass is 16.3. The average molecular weight is 1190 g/mol. The first-order valence-electron chi connectivity index (χ1n) is 30.9. The van der Waals surface area contributed by atoms with Crippen molar-refractivity contribution in [2.45, 2.75) is 165 Å². The molecule has 0 radical (unpaired) electrons. The van der Waals surface area contributed by atoms with E-state index < -0.39 is 125 Å². The Labute approximate surface area is 503 Å². The zero-order valence-electron chi connectivity index (χ0n) is 49.6. The van der Waals surface area contributed by atoms with E-state index in [4.69, 9.17) is 22.9 Å². The molecule has 22 heteroatoms. The van der Waals surface area contributed by atoms with E-state index in [0.29, 0.717) is 37.7 Å². The van der Waals surface area contributed by atoms with Crippen LogP contribution in [0.3, 0.4) is 0 Å². The number of unbranched alkanes of at least 4 members (excludes halogenated alkanes) is 4. The van der Waals surface area contributed by atoms with Gasteiger partial charge in [-0.1, -0.05) is 106 Å². The molecule has 7 rings (SSSR count). The van der Waals surface area contributed by atoms with Crippen LogP contribution in [-0.4, -0.2) is 138 Å². The lowest BCUT2D eigenvalue weighted by Gasteiger charge is -2.31. The van der Waals surface area contributed by atoms with Gasteiger partial charge in [0.1, 0.15) is 24.2 Å². The number of hydrogen-bond acceptors (Lipinski definition) is 14. The maximum atomic E-state index is 15.3. The zero-order chi connectivity index (χ0) is 61.7. The number of aliphatic hydroxyl groups excluding tert-OH is 1. The average Bonchev–Trinajstić information content (AvgIpc) is 3.65. The topological polar surface area (TPSA) is 378 Å². The van der Waals surface area contributed by atoms with Gasteiger partial charge >= 0.3 is 0 Å². The highest BCUT2D eigenvalue weighted by molar-refractivity contribution is 5.98. The lowest BCUT2D eigenvalue weighted by Crippen LogP contribution is -2.60. The summed E-state index contributed by atoms with van der Waals surface area (Å²) in [5.74, 6) is -9.16. The summed E-state index contributed by atoms with van der Waals surface area (Å²) in [6.07, 6.45) is 6.06. The number of rotatable bonds is 23. The van der Waals surface area contributed by atoms with Crippen molar-refractivity contribution in [3.63, 3.8) is 0 Å². The Bertz CT molecular complexity index is 2940.